The van der Waals surface area contributed by atoms with Gasteiger partial charge in [-0.15, -0.1) is 0 Å². The third-order valence-corrected chi connectivity index (χ3v) is 1.89. The molecule has 0 aliphatic heterocycles. The van der Waals surface area contributed by atoms with Gasteiger partial charge in [0.25, 0.3) is 5.91 Å². The van der Waals surface area contributed by atoms with Gasteiger partial charge in [0.2, 0.25) is 0 Å². The van der Waals surface area contributed by atoms with E-state index < -0.39 is 18.6 Å². The van der Waals surface area contributed by atoms with Gasteiger partial charge >= 0.3 is 6.61 Å². The van der Waals surface area contributed by atoms with Crippen molar-refractivity contribution in [1.29, 1.82) is 5.26 Å². The van der Waals surface area contributed by atoms with Crippen LogP contribution in [-0.2, 0) is 0 Å². The Labute approximate surface area is 96.8 Å². The first-order chi connectivity index (χ1) is 8.04. The minimum atomic E-state index is -3.00. The minimum Gasteiger partial charge on any atom is -0.434 e. The first-order valence-corrected chi connectivity index (χ1v) is 4.79. The lowest BCUT2D eigenvalue weighted by Crippen LogP contribution is -2.31. The van der Waals surface area contributed by atoms with Crippen molar-refractivity contribution in [3.05, 3.63) is 29.8 Å². The Balaban J connectivity index is 2.89. The number of nitriles is 1. The Morgan fingerprint density at radius 1 is 1.47 bits per heavy atom. The highest BCUT2D eigenvalue weighted by Crippen LogP contribution is 2.20. The smallest absolute Gasteiger partial charge is 0.387 e. The maximum Gasteiger partial charge on any atom is 0.387 e. The molecular formula is C11H10F2N2O2. The summed E-state index contributed by atoms with van der Waals surface area (Å²) in [6, 6.07) is 6.70. The van der Waals surface area contributed by atoms with E-state index in [1.165, 1.54) is 31.2 Å². The second kappa shape index (κ2) is 5.80. The molecule has 0 aliphatic carbocycles. The van der Waals surface area contributed by atoms with E-state index in [1.54, 1.807) is 6.07 Å². The lowest BCUT2D eigenvalue weighted by molar-refractivity contribution is -0.0501. The molecule has 90 valence electrons. The number of nitrogens with one attached hydrogen (secondary N) is 1. The van der Waals surface area contributed by atoms with Crippen LogP contribution in [0.2, 0.25) is 0 Å². The lowest BCUT2D eigenvalue weighted by atomic mass is 10.2. The number of nitrogens with zero attached hydrogens (tertiary/aromatic N) is 1. The van der Waals surface area contributed by atoms with E-state index in [1.807, 2.05) is 0 Å². The topological polar surface area (TPSA) is 62.1 Å². The van der Waals surface area contributed by atoms with Crippen LogP contribution in [0, 0.1) is 11.3 Å². The Kier molecular flexibility index (Phi) is 4.40. The summed E-state index contributed by atoms with van der Waals surface area (Å²) in [4.78, 5) is 11.6. The van der Waals surface area contributed by atoms with E-state index >= 15 is 0 Å². The van der Waals surface area contributed by atoms with Crippen LogP contribution in [0.15, 0.2) is 24.3 Å². The number of rotatable bonds is 4. The van der Waals surface area contributed by atoms with E-state index in [9.17, 15) is 13.6 Å². The van der Waals surface area contributed by atoms with Gasteiger partial charge in [0.05, 0.1) is 11.6 Å². The SMILES string of the molecule is CC(C#N)NC(=O)c1ccccc1OC(F)F. The summed E-state index contributed by atoms with van der Waals surface area (Å²) in [5.41, 5.74) is -0.0325. The van der Waals surface area contributed by atoms with Crippen LogP contribution in [0.3, 0.4) is 0 Å². The molecule has 0 aromatic heterocycles. The second-order valence-corrected chi connectivity index (χ2v) is 3.20. The van der Waals surface area contributed by atoms with Gasteiger partial charge in [-0.3, -0.25) is 4.79 Å². The quantitative estimate of drug-likeness (QED) is 0.874. The number of benzene rings is 1. The van der Waals surface area contributed by atoms with Crippen molar-refractivity contribution >= 4 is 5.91 Å². The molecule has 4 nitrogen and oxygen atoms in total. The second-order valence-electron chi connectivity index (χ2n) is 3.20. The van der Waals surface area contributed by atoms with Crippen LogP contribution >= 0.6 is 0 Å². The summed E-state index contributed by atoms with van der Waals surface area (Å²) in [6.45, 7) is -1.52. The Bertz CT molecular complexity index is 443. The van der Waals surface area contributed by atoms with Gasteiger partial charge in [-0.1, -0.05) is 12.1 Å². The molecule has 1 amide bonds. The normalized spacial score (nSPS) is 11.7. The lowest BCUT2D eigenvalue weighted by Gasteiger charge is -2.11. The number of carbonyl (C=O) groups is 1. The third kappa shape index (κ3) is 3.72. The largest absolute Gasteiger partial charge is 0.434 e. The Hall–Kier alpha value is -2.16. The van der Waals surface area contributed by atoms with Gasteiger partial charge in [0, 0.05) is 0 Å². The maximum atomic E-state index is 12.1. The number of hydrogen-bond donors (Lipinski definition) is 1. The molecular weight excluding hydrogens is 230 g/mol. The predicted octanol–water partition coefficient (Wildman–Crippen LogP) is 1.93. The molecule has 1 aromatic rings. The van der Waals surface area contributed by atoms with E-state index in [0.29, 0.717) is 0 Å². The van der Waals surface area contributed by atoms with Gasteiger partial charge in [0.1, 0.15) is 11.8 Å². The zero-order valence-corrected chi connectivity index (χ0v) is 8.98. The van der Waals surface area contributed by atoms with Crippen LogP contribution in [0.1, 0.15) is 17.3 Å². The van der Waals surface area contributed by atoms with E-state index in [2.05, 4.69) is 10.1 Å². The van der Waals surface area contributed by atoms with Crippen LogP contribution < -0.4 is 10.1 Å². The van der Waals surface area contributed by atoms with Crippen molar-refractivity contribution in [2.75, 3.05) is 0 Å². The van der Waals surface area contributed by atoms with Crippen LogP contribution in [0.4, 0.5) is 8.78 Å². The van der Waals surface area contributed by atoms with Crippen LogP contribution in [0.25, 0.3) is 0 Å². The highest BCUT2D eigenvalue weighted by atomic mass is 19.3. The molecule has 0 fully saturated rings. The maximum absolute atomic E-state index is 12.1. The predicted molar refractivity (Wildman–Crippen MR) is 55.6 cm³/mol. The van der Waals surface area contributed by atoms with Crippen molar-refractivity contribution < 1.29 is 18.3 Å². The monoisotopic (exact) mass is 240 g/mol. The molecule has 1 N–H and O–H groups in total. The molecule has 6 heteroatoms. The summed E-state index contributed by atoms with van der Waals surface area (Å²) in [6.07, 6.45) is 0. The van der Waals surface area contributed by atoms with Crippen LogP contribution in [-0.4, -0.2) is 18.6 Å². The van der Waals surface area contributed by atoms with E-state index in [4.69, 9.17) is 5.26 Å². The molecule has 1 rings (SSSR count). The average Bonchev–Trinajstić information content (AvgIpc) is 2.28. The molecule has 0 aliphatic rings. The number of alkyl halides is 2. The molecule has 17 heavy (non-hydrogen) atoms. The van der Waals surface area contributed by atoms with Gasteiger partial charge in [-0.25, -0.2) is 0 Å². The standard InChI is InChI=1S/C11H10F2N2O2/c1-7(6-14)15-10(16)8-4-2-3-5-9(8)17-11(12)13/h2-5,7,11H,1H3,(H,15,16). The molecule has 0 spiro atoms. The summed E-state index contributed by atoms with van der Waals surface area (Å²) >= 11 is 0. The highest BCUT2D eigenvalue weighted by Gasteiger charge is 2.16. The fourth-order valence-electron chi connectivity index (χ4n) is 1.16. The Morgan fingerprint density at radius 3 is 2.71 bits per heavy atom. The third-order valence-electron chi connectivity index (χ3n) is 1.89. The van der Waals surface area contributed by atoms with E-state index in [0.717, 1.165) is 0 Å². The molecule has 1 aromatic carbocycles. The van der Waals surface area contributed by atoms with Gasteiger partial charge in [0.15, 0.2) is 0 Å². The van der Waals surface area contributed by atoms with Crippen molar-refractivity contribution in [3.63, 3.8) is 0 Å². The minimum absolute atomic E-state index is 0.0325. The first-order valence-electron chi connectivity index (χ1n) is 4.79. The summed E-state index contributed by atoms with van der Waals surface area (Å²) in [5, 5.41) is 10.9. The number of ether oxygens (including phenoxy) is 1. The molecule has 0 heterocycles. The number of amides is 1. The van der Waals surface area contributed by atoms with E-state index in [-0.39, 0.29) is 11.3 Å². The zero-order chi connectivity index (χ0) is 12.8. The molecule has 0 bridgehead atoms. The zero-order valence-electron chi connectivity index (χ0n) is 8.98. The average molecular weight is 240 g/mol. The van der Waals surface area contributed by atoms with Crippen molar-refractivity contribution in [2.45, 2.75) is 19.6 Å². The Morgan fingerprint density at radius 2 is 2.12 bits per heavy atom. The number of hydrogen-bond acceptors (Lipinski definition) is 3. The number of halogens is 2. The van der Waals surface area contributed by atoms with Crippen LogP contribution in [0.5, 0.6) is 5.75 Å². The molecule has 0 saturated heterocycles. The number of para-hydroxylation sites is 1. The van der Waals surface area contributed by atoms with Gasteiger partial charge in [-0.2, -0.15) is 14.0 Å². The fourth-order valence-corrected chi connectivity index (χ4v) is 1.16. The number of carbonyl (C=O) groups excluding carboxylic acids is 1. The van der Waals surface area contributed by atoms with Gasteiger partial charge in [-0.05, 0) is 19.1 Å². The molecule has 1 atom stereocenters. The summed E-state index contributed by atoms with van der Waals surface area (Å²) in [5.74, 6) is -0.847. The van der Waals surface area contributed by atoms with Crippen molar-refractivity contribution in [1.82, 2.24) is 5.32 Å². The summed E-state index contributed by atoms with van der Waals surface area (Å²) < 4.78 is 28.4. The summed E-state index contributed by atoms with van der Waals surface area (Å²) in [7, 11) is 0. The molecule has 0 saturated carbocycles. The highest BCUT2D eigenvalue weighted by molar-refractivity contribution is 5.97. The van der Waals surface area contributed by atoms with Gasteiger partial charge < -0.3 is 10.1 Å². The molecule has 0 radical (unpaired) electrons. The first kappa shape index (κ1) is 12.9. The van der Waals surface area contributed by atoms with Crippen molar-refractivity contribution in [3.8, 4) is 11.8 Å². The fraction of sp³-hybridized carbons (Fsp3) is 0.273. The molecule has 1 unspecified atom stereocenters. The van der Waals surface area contributed by atoms with Crippen molar-refractivity contribution in [2.24, 2.45) is 0 Å².